The van der Waals surface area contributed by atoms with Crippen LogP contribution in [0.15, 0.2) is 24.3 Å². The third kappa shape index (κ3) is 2.74. The lowest BCUT2D eigenvalue weighted by Gasteiger charge is -2.37. The van der Waals surface area contributed by atoms with Crippen LogP contribution in [0.5, 0.6) is 0 Å². The van der Waals surface area contributed by atoms with Gasteiger partial charge in [0.05, 0.1) is 0 Å². The van der Waals surface area contributed by atoms with Crippen LogP contribution in [-0.4, -0.2) is 6.29 Å². The van der Waals surface area contributed by atoms with Gasteiger partial charge in [0, 0.05) is 6.42 Å². The highest BCUT2D eigenvalue weighted by Crippen LogP contribution is 2.42. The van der Waals surface area contributed by atoms with E-state index in [2.05, 4.69) is 0 Å². The Hall–Kier alpha value is -1.18. The molecule has 1 saturated carbocycles. The Morgan fingerprint density at radius 3 is 2.35 bits per heavy atom. The first-order chi connectivity index (χ1) is 8.27. The molecule has 0 aliphatic heterocycles. The number of hydrogen-bond donors (Lipinski definition) is 0. The zero-order valence-corrected chi connectivity index (χ0v) is 10.1. The number of benzene rings is 1. The van der Waals surface area contributed by atoms with E-state index in [0.717, 1.165) is 25.5 Å². The van der Waals surface area contributed by atoms with E-state index in [1.54, 1.807) is 0 Å². The molecule has 1 nitrogen and oxygen atoms in total. The van der Waals surface area contributed by atoms with Crippen LogP contribution < -0.4 is 0 Å². The lowest BCUT2D eigenvalue weighted by atomic mass is 9.67. The standard InChI is InChI=1S/C15H19FO/c16-14-7-5-13(6-8-14)15(11-4-12-17)9-2-1-3-10-15/h5-8,12H,1-4,9-11H2. The van der Waals surface area contributed by atoms with Gasteiger partial charge in [0.15, 0.2) is 0 Å². The van der Waals surface area contributed by atoms with Crippen molar-refractivity contribution in [3.63, 3.8) is 0 Å². The summed E-state index contributed by atoms with van der Waals surface area (Å²) >= 11 is 0. The number of halogens is 1. The molecule has 0 unspecified atom stereocenters. The minimum Gasteiger partial charge on any atom is -0.303 e. The maximum absolute atomic E-state index is 13.0. The van der Waals surface area contributed by atoms with Crippen molar-refractivity contribution in [3.8, 4) is 0 Å². The number of carbonyl (C=O) groups excluding carboxylic acids is 1. The fourth-order valence-corrected chi connectivity index (χ4v) is 3.05. The van der Waals surface area contributed by atoms with Crippen molar-refractivity contribution in [2.75, 3.05) is 0 Å². The Bertz CT molecular complexity index is 363. The van der Waals surface area contributed by atoms with Gasteiger partial charge in [-0.3, -0.25) is 0 Å². The Balaban J connectivity index is 2.24. The third-order valence-corrected chi connectivity index (χ3v) is 4.01. The van der Waals surface area contributed by atoms with Crippen LogP contribution in [-0.2, 0) is 10.2 Å². The molecule has 1 aliphatic carbocycles. The highest BCUT2D eigenvalue weighted by atomic mass is 19.1. The number of carbonyl (C=O) groups is 1. The Kier molecular flexibility index (Phi) is 3.93. The molecule has 0 bridgehead atoms. The summed E-state index contributed by atoms with van der Waals surface area (Å²) in [5.41, 5.74) is 1.33. The number of hydrogen-bond acceptors (Lipinski definition) is 1. The van der Waals surface area contributed by atoms with Gasteiger partial charge in [-0.25, -0.2) is 4.39 Å². The first-order valence-electron chi connectivity index (χ1n) is 6.46. The smallest absolute Gasteiger partial charge is 0.123 e. The van der Waals surface area contributed by atoms with Crippen LogP contribution in [0.2, 0.25) is 0 Å². The predicted molar refractivity (Wildman–Crippen MR) is 66.5 cm³/mol. The van der Waals surface area contributed by atoms with Crippen molar-refractivity contribution in [1.29, 1.82) is 0 Å². The van der Waals surface area contributed by atoms with Crippen molar-refractivity contribution in [2.24, 2.45) is 0 Å². The number of rotatable bonds is 4. The van der Waals surface area contributed by atoms with Crippen LogP contribution in [0.1, 0.15) is 50.5 Å². The molecule has 0 amide bonds. The molecule has 0 aromatic heterocycles. The SMILES string of the molecule is O=CCCC1(c2ccc(F)cc2)CCCCC1. The highest BCUT2D eigenvalue weighted by molar-refractivity contribution is 5.49. The third-order valence-electron chi connectivity index (χ3n) is 4.01. The monoisotopic (exact) mass is 234 g/mol. The largest absolute Gasteiger partial charge is 0.303 e. The number of aldehydes is 1. The Labute approximate surface area is 102 Å². The summed E-state index contributed by atoms with van der Waals surface area (Å²) in [7, 11) is 0. The molecule has 2 rings (SSSR count). The maximum Gasteiger partial charge on any atom is 0.123 e. The molecule has 0 atom stereocenters. The summed E-state index contributed by atoms with van der Waals surface area (Å²) in [4.78, 5) is 10.6. The summed E-state index contributed by atoms with van der Waals surface area (Å²) in [6, 6.07) is 6.86. The van der Waals surface area contributed by atoms with Gasteiger partial charge < -0.3 is 4.79 Å². The van der Waals surface area contributed by atoms with Gasteiger partial charge in [-0.2, -0.15) is 0 Å². The summed E-state index contributed by atoms with van der Waals surface area (Å²) in [6.07, 6.45) is 8.49. The zero-order chi connectivity index (χ0) is 12.1. The van der Waals surface area contributed by atoms with E-state index < -0.39 is 0 Å². The van der Waals surface area contributed by atoms with E-state index >= 15 is 0 Å². The van der Waals surface area contributed by atoms with Gasteiger partial charge in [0.1, 0.15) is 12.1 Å². The van der Waals surface area contributed by atoms with E-state index in [1.165, 1.54) is 37.0 Å². The molecule has 0 heterocycles. The first kappa shape index (κ1) is 12.3. The Morgan fingerprint density at radius 1 is 1.12 bits per heavy atom. The van der Waals surface area contributed by atoms with E-state index in [-0.39, 0.29) is 11.2 Å². The minimum atomic E-state index is -0.185. The van der Waals surface area contributed by atoms with Gasteiger partial charge in [0.2, 0.25) is 0 Å². The fourth-order valence-electron chi connectivity index (χ4n) is 3.05. The van der Waals surface area contributed by atoms with Crippen molar-refractivity contribution < 1.29 is 9.18 Å². The average Bonchev–Trinajstić information content (AvgIpc) is 2.38. The van der Waals surface area contributed by atoms with Crippen molar-refractivity contribution >= 4 is 6.29 Å². The zero-order valence-electron chi connectivity index (χ0n) is 10.1. The van der Waals surface area contributed by atoms with E-state index in [0.29, 0.717) is 6.42 Å². The second-order valence-electron chi connectivity index (χ2n) is 5.05. The molecule has 92 valence electrons. The lowest BCUT2D eigenvalue weighted by molar-refractivity contribution is -0.108. The van der Waals surface area contributed by atoms with Crippen LogP contribution in [0.25, 0.3) is 0 Å². The summed E-state index contributed by atoms with van der Waals surface area (Å²) in [6.45, 7) is 0. The van der Waals surface area contributed by atoms with Gasteiger partial charge in [-0.05, 0) is 42.4 Å². The lowest BCUT2D eigenvalue weighted by Crippen LogP contribution is -2.29. The molecule has 1 aliphatic rings. The van der Waals surface area contributed by atoms with Gasteiger partial charge in [-0.1, -0.05) is 31.4 Å². The van der Waals surface area contributed by atoms with E-state index in [9.17, 15) is 9.18 Å². The second kappa shape index (κ2) is 5.44. The van der Waals surface area contributed by atoms with Crippen molar-refractivity contribution in [1.82, 2.24) is 0 Å². The van der Waals surface area contributed by atoms with Crippen LogP contribution in [0, 0.1) is 5.82 Å². The van der Waals surface area contributed by atoms with Crippen LogP contribution in [0.4, 0.5) is 4.39 Å². The molecule has 2 heteroatoms. The molecule has 1 fully saturated rings. The predicted octanol–water partition coefficient (Wildman–Crippen LogP) is 4.01. The molecule has 0 saturated heterocycles. The van der Waals surface area contributed by atoms with Crippen LogP contribution in [0.3, 0.4) is 0 Å². The average molecular weight is 234 g/mol. The molecule has 0 N–H and O–H groups in total. The normalized spacial score (nSPS) is 18.9. The van der Waals surface area contributed by atoms with Gasteiger partial charge >= 0.3 is 0 Å². The molecule has 1 aromatic carbocycles. The maximum atomic E-state index is 13.0. The molecule has 0 radical (unpaired) electrons. The molecule has 1 aromatic rings. The first-order valence-corrected chi connectivity index (χ1v) is 6.46. The summed E-state index contributed by atoms with van der Waals surface area (Å²) < 4.78 is 13.0. The van der Waals surface area contributed by atoms with Crippen molar-refractivity contribution in [2.45, 2.75) is 50.4 Å². The molecular weight excluding hydrogens is 215 g/mol. The summed E-state index contributed by atoms with van der Waals surface area (Å²) in [5, 5.41) is 0. The van der Waals surface area contributed by atoms with Crippen LogP contribution >= 0.6 is 0 Å². The van der Waals surface area contributed by atoms with E-state index in [4.69, 9.17) is 0 Å². The Morgan fingerprint density at radius 2 is 1.76 bits per heavy atom. The fraction of sp³-hybridized carbons (Fsp3) is 0.533. The minimum absolute atomic E-state index is 0.118. The highest BCUT2D eigenvalue weighted by Gasteiger charge is 2.33. The molecule has 0 spiro atoms. The molecule has 17 heavy (non-hydrogen) atoms. The van der Waals surface area contributed by atoms with E-state index in [1.807, 2.05) is 12.1 Å². The summed E-state index contributed by atoms with van der Waals surface area (Å²) in [5.74, 6) is -0.185. The van der Waals surface area contributed by atoms with Gasteiger partial charge in [-0.15, -0.1) is 0 Å². The van der Waals surface area contributed by atoms with Gasteiger partial charge in [0.25, 0.3) is 0 Å². The quantitative estimate of drug-likeness (QED) is 0.719. The topological polar surface area (TPSA) is 17.1 Å². The van der Waals surface area contributed by atoms with Crippen molar-refractivity contribution in [3.05, 3.63) is 35.6 Å². The second-order valence-corrected chi connectivity index (χ2v) is 5.05. The molecular formula is C15H19FO.